The number of hydrogen-bond donors (Lipinski definition) is 0. The molecule has 0 radical (unpaired) electrons. The Morgan fingerprint density at radius 1 is 1.33 bits per heavy atom. The van der Waals surface area contributed by atoms with E-state index in [1.807, 2.05) is 26.0 Å². The van der Waals surface area contributed by atoms with E-state index in [1.165, 1.54) is 5.56 Å². The fraction of sp³-hybridized carbons (Fsp3) is 0.562. The molecule has 0 aliphatic heterocycles. The van der Waals surface area contributed by atoms with Gasteiger partial charge in [-0.25, -0.2) is 0 Å². The fourth-order valence-corrected chi connectivity index (χ4v) is 1.72. The summed E-state index contributed by atoms with van der Waals surface area (Å²) in [5, 5.41) is 8.92. The molecule has 0 N–H and O–H groups in total. The number of benzene rings is 1. The van der Waals surface area contributed by atoms with Crippen molar-refractivity contribution < 1.29 is 4.74 Å². The Morgan fingerprint density at radius 2 is 2.06 bits per heavy atom. The van der Waals surface area contributed by atoms with Crippen molar-refractivity contribution in [3.63, 3.8) is 0 Å². The number of rotatable bonds is 6. The molecule has 18 heavy (non-hydrogen) atoms. The van der Waals surface area contributed by atoms with Crippen LogP contribution in [0.25, 0.3) is 0 Å². The maximum absolute atomic E-state index is 8.92. The molecule has 0 saturated heterocycles. The highest BCUT2D eigenvalue weighted by Crippen LogP contribution is 2.22. The van der Waals surface area contributed by atoms with Crippen LogP contribution in [0.4, 0.5) is 0 Å². The molecule has 0 aromatic heterocycles. The molecule has 1 rings (SSSR count). The van der Waals surface area contributed by atoms with E-state index in [9.17, 15) is 0 Å². The smallest absolute Gasteiger partial charge is 0.119 e. The summed E-state index contributed by atoms with van der Waals surface area (Å²) in [6, 6.07) is 10.5. The second-order valence-electron chi connectivity index (χ2n) is 5.67. The van der Waals surface area contributed by atoms with Gasteiger partial charge < -0.3 is 4.74 Å². The van der Waals surface area contributed by atoms with Crippen LogP contribution in [0.5, 0.6) is 5.75 Å². The molecule has 0 spiro atoms. The van der Waals surface area contributed by atoms with Crippen LogP contribution in [-0.2, 0) is 0 Å². The van der Waals surface area contributed by atoms with E-state index in [4.69, 9.17) is 10.00 Å². The van der Waals surface area contributed by atoms with Crippen LogP contribution >= 0.6 is 0 Å². The highest BCUT2D eigenvalue weighted by molar-refractivity contribution is 5.30. The predicted molar refractivity (Wildman–Crippen MR) is 74.7 cm³/mol. The third-order valence-electron chi connectivity index (χ3n) is 3.04. The third-order valence-corrected chi connectivity index (χ3v) is 3.04. The van der Waals surface area contributed by atoms with E-state index < -0.39 is 0 Å². The van der Waals surface area contributed by atoms with Crippen LogP contribution in [0.15, 0.2) is 24.3 Å². The van der Waals surface area contributed by atoms with Gasteiger partial charge in [0.1, 0.15) is 5.75 Å². The number of ether oxygens (including phenoxy) is 1. The average molecular weight is 245 g/mol. The Bertz CT molecular complexity index is 415. The molecule has 0 amide bonds. The first kappa shape index (κ1) is 14.6. The summed E-state index contributed by atoms with van der Waals surface area (Å²) >= 11 is 0. The van der Waals surface area contributed by atoms with Crippen molar-refractivity contribution in [2.45, 2.75) is 46.5 Å². The van der Waals surface area contributed by atoms with Crippen molar-refractivity contribution in [1.82, 2.24) is 0 Å². The lowest BCUT2D eigenvalue weighted by Gasteiger charge is -2.15. The quantitative estimate of drug-likeness (QED) is 0.690. The molecule has 0 saturated carbocycles. The van der Waals surface area contributed by atoms with Crippen LogP contribution in [-0.4, -0.2) is 6.61 Å². The lowest BCUT2D eigenvalue weighted by atomic mass is 9.90. The van der Waals surface area contributed by atoms with Crippen LogP contribution in [0.2, 0.25) is 0 Å². The van der Waals surface area contributed by atoms with Gasteiger partial charge in [0, 0.05) is 0 Å². The van der Waals surface area contributed by atoms with Gasteiger partial charge >= 0.3 is 0 Å². The van der Waals surface area contributed by atoms with Gasteiger partial charge in [-0.2, -0.15) is 5.26 Å². The van der Waals surface area contributed by atoms with Gasteiger partial charge in [0.25, 0.3) is 0 Å². The van der Waals surface area contributed by atoms with E-state index in [-0.39, 0.29) is 5.41 Å². The molecule has 1 aromatic carbocycles. The van der Waals surface area contributed by atoms with E-state index >= 15 is 0 Å². The minimum atomic E-state index is -0.247. The van der Waals surface area contributed by atoms with E-state index in [1.54, 1.807) is 0 Å². The first-order chi connectivity index (χ1) is 8.44. The lowest BCUT2D eigenvalue weighted by molar-refractivity contribution is 0.284. The van der Waals surface area contributed by atoms with Crippen molar-refractivity contribution in [2.24, 2.45) is 5.41 Å². The van der Waals surface area contributed by atoms with E-state index in [2.05, 4.69) is 32.0 Å². The molecule has 0 fully saturated rings. The Labute approximate surface area is 111 Å². The normalized spacial score (nSPS) is 11.3. The van der Waals surface area contributed by atoms with Crippen molar-refractivity contribution >= 4 is 0 Å². The van der Waals surface area contributed by atoms with Gasteiger partial charge in [-0.1, -0.05) is 26.0 Å². The van der Waals surface area contributed by atoms with E-state index in [0.717, 1.165) is 18.6 Å². The lowest BCUT2D eigenvalue weighted by Crippen LogP contribution is -2.10. The zero-order valence-electron chi connectivity index (χ0n) is 11.9. The first-order valence-electron chi connectivity index (χ1n) is 6.58. The van der Waals surface area contributed by atoms with Crippen LogP contribution in [0, 0.1) is 16.7 Å². The summed E-state index contributed by atoms with van der Waals surface area (Å²) < 4.78 is 5.73. The number of hydrogen-bond acceptors (Lipinski definition) is 2. The molecular weight excluding hydrogens is 222 g/mol. The standard InChI is InChI=1S/C16H23NO/c1-13(2)14-7-5-8-15(11-14)18-10-6-9-16(3,4)12-17/h5,7-8,11,13H,6,9-10H2,1-4H3. The molecule has 1 aromatic rings. The van der Waals surface area contributed by atoms with Gasteiger partial charge in [-0.05, 0) is 50.3 Å². The highest BCUT2D eigenvalue weighted by atomic mass is 16.5. The van der Waals surface area contributed by atoms with Crippen LogP contribution < -0.4 is 4.74 Å². The second kappa shape index (κ2) is 6.44. The summed E-state index contributed by atoms with van der Waals surface area (Å²) in [7, 11) is 0. The van der Waals surface area contributed by atoms with Gasteiger partial charge in [0.05, 0.1) is 18.1 Å². The minimum absolute atomic E-state index is 0.247. The average Bonchev–Trinajstić information content (AvgIpc) is 2.35. The molecule has 2 heteroatoms. The maximum Gasteiger partial charge on any atom is 0.119 e. The third kappa shape index (κ3) is 4.79. The molecule has 0 bridgehead atoms. The number of nitrogens with zero attached hydrogens (tertiary/aromatic N) is 1. The van der Waals surface area contributed by atoms with Crippen molar-refractivity contribution in [2.75, 3.05) is 6.61 Å². The molecule has 98 valence electrons. The highest BCUT2D eigenvalue weighted by Gasteiger charge is 2.15. The van der Waals surface area contributed by atoms with Crippen LogP contribution in [0.3, 0.4) is 0 Å². The van der Waals surface area contributed by atoms with Gasteiger partial charge in [-0.3, -0.25) is 0 Å². The van der Waals surface area contributed by atoms with Gasteiger partial charge in [0.2, 0.25) is 0 Å². The van der Waals surface area contributed by atoms with E-state index in [0.29, 0.717) is 12.5 Å². The summed E-state index contributed by atoms with van der Waals surface area (Å²) in [6.45, 7) is 8.95. The fourth-order valence-electron chi connectivity index (χ4n) is 1.72. The topological polar surface area (TPSA) is 33.0 Å². The van der Waals surface area contributed by atoms with Crippen molar-refractivity contribution in [3.05, 3.63) is 29.8 Å². The molecule has 0 heterocycles. The van der Waals surface area contributed by atoms with Gasteiger partial charge in [0.15, 0.2) is 0 Å². The molecule has 0 aliphatic rings. The predicted octanol–water partition coefficient (Wildman–Crippen LogP) is 4.52. The molecule has 2 nitrogen and oxygen atoms in total. The Balaban J connectivity index is 2.41. The summed E-state index contributed by atoms with van der Waals surface area (Å²) in [5.74, 6) is 1.45. The van der Waals surface area contributed by atoms with Crippen molar-refractivity contribution in [3.8, 4) is 11.8 Å². The van der Waals surface area contributed by atoms with Gasteiger partial charge in [-0.15, -0.1) is 0 Å². The largest absolute Gasteiger partial charge is 0.494 e. The zero-order chi connectivity index (χ0) is 13.6. The Hall–Kier alpha value is -1.49. The monoisotopic (exact) mass is 245 g/mol. The SMILES string of the molecule is CC(C)c1cccc(OCCCC(C)(C)C#N)c1. The molecule has 0 aliphatic carbocycles. The summed E-state index contributed by atoms with van der Waals surface area (Å²) in [5.41, 5.74) is 1.05. The molecular formula is C16H23NO. The Kier molecular flexibility index (Phi) is 5.22. The Morgan fingerprint density at radius 3 is 2.67 bits per heavy atom. The summed E-state index contributed by atoms with van der Waals surface area (Å²) in [4.78, 5) is 0. The van der Waals surface area contributed by atoms with Crippen LogP contribution in [0.1, 0.15) is 52.0 Å². The minimum Gasteiger partial charge on any atom is -0.494 e. The number of nitriles is 1. The molecule has 0 unspecified atom stereocenters. The summed E-state index contributed by atoms with van der Waals surface area (Å²) in [6.07, 6.45) is 1.78. The molecule has 0 atom stereocenters. The second-order valence-corrected chi connectivity index (χ2v) is 5.67. The maximum atomic E-state index is 8.92. The zero-order valence-corrected chi connectivity index (χ0v) is 11.9. The van der Waals surface area contributed by atoms with Crippen molar-refractivity contribution in [1.29, 1.82) is 5.26 Å². The first-order valence-corrected chi connectivity index (χ1v) is 6.58.